The zero-order chi connectivity index (χ0) is 13.2. The molecule has 0 unspecified atom stereocenters. The summed E-state index contributed by atoms with van der Waals surface area (Å²) in [5, 5.41) is 4.21. The van der Waals surface area contributed by atoms with Crippen molar-refractivity contribution in [2.45, 2.75) is 0 Å². The number of thiophene rings is 1. The summed E-state index contributed by atoms with van der Waals surface area (Å²) in [7, 11) is 0. The van der Waals surface area contributed by atoms with Gasteiger partial charge in [0, 0.05) is 0 Å². The lowest BCUT2D eigenvalue weighted by Crippen LogP contribution is -2.08. The van der Waals surface area contributed by atoms with Crippen molar-refractivity contribution in [2.24, 2.45) is 0 Å². The highest BCUT2D eigenvalue weighted by atomic mass is 35.5. The van der Waals surface area contributed by atoms with Crippen molar-refractivity contribution in [3.8, 4) is 5.69 Å². The second-order valence-corrected chi connectivity index (χ2v) is 5.61. The van der Waals surface area contributed by atoms with Gasteiger partial charge in [0.25, 0.3) is 0 Å². The predicted molar refractivity (Wildman–Crippen MR) is 76.3 cm³/mol. The molecule has 0 amide bonds. The van der Waals surface area contributed by atoms with Gasteiger partial charge in [-0.2, -0.15) is 5.10 Å². The second kappa shape index (κ2) is 4.99. The molecule has 0 saturated heterocycles. The van der Waals surface area contributed by atoms with Crippen LogP contribution in [0.3, 0.4) is 0 Å². The lowest BCUT2D eigenvalue weighted by molar-refractivity contribution is 0.103. The fourth-order valence-corrected chi connectivity index (χ4v) is 2.80. The highest BCUT2D eigenvalue weighted by Gasteiger charge is 2.17. The van der Waals surface area contributed by atoms with Crippen LogP contribution in [-0.4, -0.2) is 15.6 Å². The quantitative estimate of drug-likeness (QED) is 0.687. The third-order valence-corrected chi connectivity index (χ3v) is 3.90. The molecule has 0 aliphatic rings. The molecule has 1 aromatic carbocycles. The van der Waals surface area contributed by atoms with Crippen molar-refractivity contribution in [3.63, 3.8) is 0 Å². The molecule has 0 bridgehead atoms. The Hall–Kier alpha value is -1.91. The van der Waals surface area contributed by atoms with E-state index in [-0.39, 0.29) is 5.78 Å². The minimum Gasteiger partial charge on any atom is -0.286 e. The predicted octanol–water partition coefficient (Wildman–Crippen LogP) is 3.82. The molecular weight excluding hydrogens is 280 g/mol. The summed E-state index contributed by atoms with van der Waals surface area (Å²) < 4.78 is 2.24. The topological polar surface area (TPSA) is 34.9 Å². The largest absolute Gasteiger partial charge is 0.286 e. The number of para-hydroxylation sites is 1. The van der Waals surface area contributed by atoms with Gasteiger partial charge in [0.15, 0.2) is 0 Å². The van der Waals surface area contributed by atoms with E-state index in [2.05, 4.69) is 5.10 Å². The van der Waals surface area contributed by atoms with Crippen LogP contribution in [0.1, 0.15) is 15.4 Å². The Labute approximate surface area is 119 Å². The first-order valence-corrected chi connectivity index (χ1v) is 6.84. The number of hydrogen-bond donors (Lipinski definition) is 0. The Bertz CT molecular complexity index is 718. The molecule has 0 fully saturated rings. The van der Waals surface area contributed by atoms with Gasteiger partial charge >= 0.3 is 0 Å². The van der Waals surface area contributed by atoms with E-state index in [1.165, 1.54) is 11.3 Å². The number of rotatable bonds is 3. The lowest BCUT2D eigenvalue weighted by Gasteiger charge is -2.05. The van der Waals surface area contributed by atoms with Crippen LogP contribution in [0.15, 0.2) is 54.7 Å². The van der Waals surface area contributed by atoms with Crippen LogP contribution in [0.25, 0.3) is 5.69 Å². The fourth-order valence-electron chi connectivity index (χ4n) is 1.81. The van der Waals surface area contributed by atoms with E-state index in [0.717, 1.165) is 5.69 Å². The Kier molecular flexibility index (Phi) is 3.19. The number of aromatic nitrogens is 2. The molecule has 0 atom stereocenters. The Morgan fingerprint density at radius 3 is 2.58 bits per heavy atom. The summed E-state index contributed by atoms with van der Waals surface area (Å²) >= 11 is 7.14. The maximum Gasteiger partial charge on any atom is 0.221 e. The van der Waals surface area contributed by atoms with Gasteiger partial charge in [0.1, 0.15) is 5.69 Å². The molecule has 0 aliphatic carbocycles. The van der Waals surface area contributed by atoms with E-state index < -0.39 is 0 Å². The maximum absolute atomic E-state index is 12.4. The molecule has 3 aromatic rings. The third kappa shape index (κ3) is 2.32. The van der Waals surface area contributed by atoms with Gasteiger partial charge in [-0.15, -0.1) is 11.3 Å². The molecule has 0 spiro atoms. The maximum atomic E-state index is 12.4. The summed E-state index contributed by atoms with van der Waals surface area (Å²) in [6.45, 7) is 0. The Balaban J connectivity index is 2.03. The summed E-state index contributed by atoms with van der Waals surface area (Å²) in [5.41, 5.74) is 1.39. The molecular formula is C14H9ClN2OS. The number of halogens is 1. The van der Waals surface area contributed by atoms with E-state index in [4.69, 9.17) is 11.6 Å². The summed E-state index contributed by atoms with van der Waals surface area (Å²) in [5.74, 6) is -0.0711. The Morgan fingerprint density at radius 1 is 1.11 bits per heavy atom. The van der Waals surface area contributed by atoms with Crippen molar-refractivity contribution >= 4 is 28.7 Å². The minimum atomic E-state index is -0.0711. The van der Waals surface area contributed by atoms with E-state index in [1.54, 1.807) is 29.1 Å². The molecule has 2 aromatic heterocycles. The van der Waals surface area contributed by atoms with Crippen LogP contribution in [0, 0.1) is 0 Å². The molecule has 5 heteroatoms. The second-order valence-electron chi connectivity index (χ2n) is 3.90. The van der Waals surface area contributed by atoms with Gasteiger partial charge < -0.3 is 0 Å². The van der Waals surface area contributed by atoms with Crippen LogP contribution >= 0.6 is 22.9 Å². The lowest BCUT2D eigenvalue weighted by atomic mass is 10.2. The molecule has 0 N–H and O–H groups in total. The van der Waals surface area contributed by atoms with E-state index in [9.17, 15) is 4.79 Å². The first kappa shape index (κ1) is 12.1. The molecule has 19 heavy (non-hydrogen) atoms. The first-order chi connectivity index (χ1) is 9.25. The number of hydrogen-bond acceptors (Lipinski definition) is 3. The van der Waals surface area contributed by atoms with Crippen LogP contribution in [0.2, 0.25) is 4.34 Å². The van der Waals surface area contributed by atoms with Gasteiger partial charge in [-0.1, -0.05) is 29.8 Å². The van der Waals surface area contributed by atoms with E-state index >= 15 is 0 Å². The Morgan fingerprint density at radius 2 is 1.89 bits per heavy atom. The van der Waals surface area contributed by atoms with Crippen LogP contribution in [-0.2, 0) is 0 Å². The summed E-state index contributed by atoms with van der Waals surface area (Å²) in [6, 6.07) is 14.7. The molecule has 94 valence electrons. The smallest absolute Gasteiger partial charge is 0.221 e. The SMILES string of the molecule is O=C(c1ccc(Cl)s1)c1ccnn1-c1ccccc1. The highest BCUT2D eigenvalue weighted by molar-refractivity contribution is 7.18. The molecule has 0 saturated carbocycles. The van der Waals surface area contributed by atoms with Crippen LogP contribution in [0.5, 0.6) is 0 Å². The summed E-state index contributed by atoms with van der Waals surface area (Å²) in [4.78, 5) is 13.0. The molecule has 3 rings (SSSR count). The average molecular weight is 289 g/mol. The number of ketones is 1. The zero-order valence-corrected chi connectivity index (χ0v) is 11.4. The van der Waals surface area contributed by atoms with Crippen LogP contribution in [0.4, 0.5) is 0 Å². The fraction of sp³-hybridized carbons (Fsp3) is 0. The van der Waals surface area contributed by atoms with Gasteiger partial charge in [-0.3, -0.25) is 4.79 Å². The van der Waals surface area contributed by atoms with Crippen molar-refractivity contribution in [1.29, 1.82) is 0 Å². The van der Waals surface area contributed by atoms with E-state index in [1.807, 2.05) is 30.3 Å². The molecule has 0 aliphatic heterocycles. The molecule has 3 nitrogen and oxygen atoms in total. The number of carbonyl (C=O) groups is 1. The van der Waals surface area contributed by atoms with Crippen molar-refractivity contribution in [1.82, 2.24) is 9.78 Å². The van der Waals surface area contributed by atoms with Gasteiger partial charge in [0.05, 0.1) is 21.1 Å². The van der Waals surface area contributed by atoms with Crippen molar-refractivity contribution in [2.75, 3.05) is 0 Å². The number of carbonyl (C=O) groups excluding carboxylic acids is 1. The normalized spacial score (nSPS) is 10.6. The van der Waals surface area contributed by atoms with Crippen molar-refractivity contribution in [3.05, 3.63) is 69.6 Å². The highest BCUT2D eigenvalue weighted by Crippen LogP contribution is 2.24. The zero-order valence-electron chi connectivity index (χ0n) is 9.79. The van der Waals surface area contributed by atoms with Gasteiger partial charge in [0.2, 0.25) is 5.78 Å². The monoisotopic (exact) mass is 288 g/mol. The minimum absolute atomic E-state index is 0.0711. The average Bonchev–Trinajstić information content (AvgIpc) is 3.07. The van der Waals surface area contributed by atoms with Crippen LogP contribution < -0.4 is 0 Å². The third-order valence-electron chi connectivity index (χ3n) is 2.67. The van der Waals surface area contributed by atoms with E-state index in [0.29, 0.717) is 14.9 Å². The molecule has 2 heterocycles. The summed E-state index contributed by atoms with van der Waals surface area (Å²) in [6.07, 6.45) is 1.62. The molecule has 0 radical (unpaired) electrons. The number of nitrogens with zero attached hydrogens (tertiary/aromatic N) is 2. The van der Waals surface area contributed by atoms with Gasteiger partial charge in [-0.05, 0) is 30.3 Å². The van der Waals surface area contributed by atoms with Gasteiger partial charge in [-0.25, -0.2) is 4.68 Å². The number of benzene rings is 1. The van der Waals surface area contributed by atoms with Crippen molar-refractivity contribution < 1.29 is 4.79 Å². The first-order valence-electron chi connectivity index (χ1n) is 5.65. The standard InChI is InChI=1S/C14H9ClN2OS/c15-13-7-6-12(19-13)14(18)11-8-9-16-17(11)10-4-2-1-3-5-10/h1-9H.